The Balaban J connectivity index is 0.00000113. The van der Waals surface area contributed by atoms with Gasteiger partial charge < -0.3 is 15.2 Å². The van der Waals surface area contributed by atoms with Gasteiger partial charge in [-0.2, -0.15) is 0 Å². The Bertz CT molecular complexity index is 837. The molecule has 8 nitrogen and oxygen atoms in total. The van der Waals surface area contributed by atoms with Crippen LogP contribution in [0.2, 0.25) is 0 Å². The Morgan fingerprint density at radius 3 is 3.04 bits per heavy atom. The van der Waals surface area contributed by atoms with E-state index in [4.69, 9.17) is 0 Å². The van der Waals surface area contributed by atoms with Crippen LogP contribution in [-0.2, 0) is 19.5 Å². The molecule has 0 aliphatic carbocycles. The third-order valence-electron chi connectivity index (χ3n) is 3.97. The number of amides is 1. The lowest BCUT2D eigenvalue weighted by Gasteiger charge is -2.03. The van der Waals surface area contributed by atoms with E-state index >= 15 is 0 Å². The molecule has 10 heteroatoms. The molecule has 4 rings (SSSR count). The van der Waals surface area contributed by atoms with E-state index < -0.39 is 0 Å². The molecule has 2 N–H and O–H groups in total. The molecule has 4 heterocycles. The molecule has 1 amide bonds. The van der Waals surface area contributed by atoms with Crippen LogP contribution in [0.3, 0.4) is 0 Å². The van der Waals surface area contributed by atoms with Crippen molar-refractivity contribution in [3.63, 3.8) is 0 Å². The van der Waals surface area contributed by atoms with Crippen LogP contribution in [0.5, 0.6) is 0 Å². The fourth-order valence-electron chi connectivity index (χ4n) is 2.77. The van der Waals surface area contributed by atoms with Crippen LogP contribution in [-0.4, -0.2) is 42.9 Å². The Labute approximate surface area is 156 Å². The van der Waals surface area contributed by atoms with Crippen molar-refractivity contribution in [1.82, 2.24) is 34.6 Å². The van der Waals surface area contributed by atoms with Gasteiger partial charge in [-0.05, 0) is 0 Å². The third-order valence-corrected chi connectivity index (χ3v) is 3.97. The summed E-state index contributed by atoms with van der Waals surface area (Å²) in [6.07, 6.45) is 9.62. The molecule has 0 aromatic carbocycles. The third kappa shape index (κ3) is 3.92. The van der Waals surface area contributed by atoms with Crippen LogP contribution < -0.4 is 10.6 Å². The van der Waals surface area contributed by atoms with Crippen molar-refractivity contribution in [2.75, 3.05) is 13.1 Å². The summed E-state index contributed by atoms with van der Waals surface area (Å²) in [7, 11) is 0. The average molecular weight is 384 g/mol. The van der Waals surface area contributed by atoms with Crippen molar-refractivity contribution in [2.45, 2.75) is 19.5 Å². The van der Waals surface area contributed by atoms with Crippen LogP contribution in [0, 0.1) is 0 Å². The number of hydrogen-bond donors (Lipinski definition) is 2. The van der Waals surface area contributed by atoms with E-state index in [0.717, 1.165) is 43.2 Å². The van der Waals surface area contributed by atoms with Crippen molar-refractivity contribution in [3.8, 4) is 0 Å². The summed E-state index contributed by atoms with van der Waals surface area (Å²) < 4.78 is 3.95. The molecule has 1 aliphatic heterocycles. The lowest BCUT2D eigenvalue weighted by molar-refractivity contribution is 0.0945. The zero-order chi connectivity index (χ0) is 15.6. The summed E-state index contributed by atoms with van der Waals surface area (Å²) in [6, 6.07) is 0. The summed E-state index contributed by atoms with van der Waals surface area (Å²) in [4.78, 5) is 25.1. The number of rotatable bonds is 3. The maximum Gasteiger partial charge on any atom is 0.271 e. The van der Waals surface area contributed by atoms with Gasteiger partial charge in [-0.1, -0.05) is 0 Å². The van der Waals surface area contributed by atoms with E-state index in [2.05, 4.69) is 30.2 Å². The maximum absolute atomic E-state index is 12.3. The smallest absolute Gasteiger partial charge is 0.271 e. The molecule has 134 valence electrons. The molecular formula is C15H19Cl2N7O. The highest BCUT2D eigenvalue weighted by Crippen LogP contribution is 2.08. The molecule has 1 aliphatic rings. The van der Waals surface area contributed by atoms with Crippen molar-refractivity contribution >= 4 is 36.4 Å². The number of hydrogen-bond acceptors (Lipinski definition) is 5. The Kier molecular flexibility index (Phi) is 6.35. The fourth-order valence-corrected chi connectivity index (χ4v) is 2.77. The Hall–Kier alpha value is -2.16. The fraction of sp³-hybridized carbons (Fsp3) is 0.333. The van der Waals surface area contributed by atoms with Gasteiger partial charge in [-0.25, -0.2) is 9.97 Å². The quantitative estimate of drug-likeness (QED) is 0.699. The largest absolute Gasteiger partial charge is 0.345 e. The van der Waals surface area contributed by atoms with Gasteiger partial charge in [0.15, 0.2) is 5.65 Å². The van der Waals surface area contributed by atoms with Crippen molar-refractivity contribution < 1.29 is 4.79 Å². The summed E-state index contributed by atoms with van der Waals surface area (Å²) >= 11 is 0. The van der Waals surface area contributed by atoms with E-state index in [-0.39, 0.29) is 30.7 Å². The minimum absolute atomic E-state index is 0. The number of carbonyl (C=O) groups excluding carboxylic acids is 1. The molecular weight excluding hydrogens is 365 g/mol. The monoisotopic (exact) mass is 383 g/mol. The standard InChI is InChI=1S/C15H17N7O.2ClH/c23-15(12-10-21-5-3-16-2-1-13(21)20-12)19-8-11-7-18-14-9-17-4-6-22(11)14;;/h4,6-7,9-10,16H,1-3,5,8H2,(H,19,23);2*1H. The number of nitrogens with zero attached hydrogens (tertiary/aromatic N) is 5. The summed E-state index contributed by atoms with van der Waals surface area (Å²) in [6.45, 7) is 3.04. The zero-order valence-electron chi connectivity index (χ0n) is 13.4. The number of halogens is 2. The van der Waals surface area contributed by atoms with Gasteiger partial charge in [0, 0.05) is 44.6 Å². The van der Waals surface area contributed by atoms with Gasteiger partial charge in [0.1, 0.15) is 11.5 Å². The Morgan fingerprint density at radius 2 is 2.16 bits per heavy atom. The molecule has 0 saturated heterocycles. The van der Waals surface area contributed by atoms with Crippen LogP contribution >= 0.6 is 24.8 Å². The van der Waals surface area contributed by atoms with E-state index in [0.29, 0.717) is 12.2 Å². The average Bonchev–Trinajstić information content (AvgIpc) is 3.11. The summed E-state index contributed by atoms with van der Waals surface area (Å²) in [5.41, 5.74) is 2.14. The molecule has 0 atom stereocenters. The summed E-state index contributed by atoms with van der Waals surface area (Å²) in [5, 5.41) is 6.22. The van der Waals surface area contributed by atoms with Gasteiger partial charge in [0.2, 0.25) is 0 Å². The van der Waals surface area contributed by atoms with Crippen molar-refractivity contribution in [3.05, 3.63) is 48.2 Å². The highest BCUT2D eigenvalue weighted by atomic mass is 35.5. The molecule has 0 bridgehead atoms. The first kappa shape index (κ1) is 19.2. The van der Waals surface area contributed by atoms with Gasteiger partial charge in [-0.15, -0.1) is 24.8 Å². The normalized spacial score (nSPS) is 13.3. The van der Waals surface area contributed by atoms with E-state index in [1.54, 1.807) is 18.6 Å². The van der Waals surface area contributed by atoms with Crippen LogP contribution in [0.4, 0.5) is 0 Å². The number of carbonyl (C=O) groups is 1. The minimum Gasteiger partial charge on any atom is -0.345 e. The van der Waals surface area contributed by atoms with Gasteiger partial charge in [-0.3, -0.25) is 14.2 Å². The first-order valence-electron chi connectivity index (χ1n) is 7.62. The SMILES string of the molecule is Cl.Cl.O=C(NCc1cnc2cnccn12)c1cn2c(n1)CCNCC2. The Morgan fingerprint density at radius 1 is 1.28 bits per heavy atom. The number of imidazole rings is 2. The second kappa shape index (κ2) is 8.28. The number of nitrogens with one attached hydrogen (secondary N) is 2. The van der Waals surface area contributed by atoms with Crippen molar-refractivity contribution in [1.29, 1.82) is 0 Å². The van der Waals surface area contributed by atoms with Crippen LogP contribution in [0.15, 0.2) is 31.0 Å². The minimum atomic E-state index is -0.164. The lowest BCUT2D eigenvalue weighted by Crippen LogP contribution is -2.24. The lowest BCUT2D eigenvalue weighted by atomic mass is 10.4. The molecule has 0 radical (unpaired) electrons. The van der Waals surface area contributed by atoms with Crippen LogP contribution in [0.1, 0.15) is 22.0 Å². The first-order valence-corrected chi connectivity index (χ1v) is 7.62. The number of aromatic nitrogens is 5. The first-order chi connectivity index (χ1) is 11.3. The molecule has 0 fully saturated rings. The zero-order valence-corrected chi connectivity index (χ0v) is 15.0. The predicted molar refractivity (Wildman–Crippen MR) is 97.5 cm³/mol. The summed E-state index contributed by atoms with van der Waals surface area (Å²) in [5.74, 6) is 0.795. The second-order valence-electron chi connectivity index (χ2n) is 5.47. The maximum atomic E-state index is 12.3. The molecule has 3 aromatic rings. The van der Waals surface area contributed by atoms with Gasteiger partial charge >= 0.3 is 0 Å². The van der Waals surface area contributed by atoms with Gasteiger partial charge in [0.05, 0.1) is 24.6 Å². The molecule has 0 saturated carbocycles. The highest BCUT2D eigenvalue weighted by molar-refractivity contribution is 5.92. The molecule has 3 aromatic heterocycles. The van der Waals surface area contributed by atoms with Gasteiger partial charge in [0.25, 0.3) is 5.91 Å². The number of fused-ring (bicyclic) bond motifs is 2. The molecule has 0 spiro atoms. The van der Waals surface area contributed by atoms with E-state index in [9.17, 15) is 4.79 Å². The van der Waals surface area contributed by atoms with Crippen molar-refractivity contribution in [2.24, 2.45) is 0 Å². The van der Waals surface area contributed by atoms with E-state index in [1.807, 2.05) is 16.8 Å². The predicted octanol–water partition coefficient (Wildman–Crippen LogP) is 0.845. The highest BCUT2D eigenvalue weighted by Gasteiger charge is 2.16. The topological polar surface area (TPSA) is 89.1 Å². The molecule has 0 unspecified atom stereocenters. The van der Waals surface area contributed by atoms with Crippen LogP contribution in [0.25, 0.3) is 5.65 Å². The molecule has 25 heavy (non-hydrogen) atoms. The second-order valence-corrected chi connectivity index (χ2v) is 5.47. The van der Waals surface area contributed by atoms with E-state index in [1.165, 1.54) is 0 Å².